The van der Waals surface area contributed by atoms with E-state index in [2.05, 4.69) is 80.4 Å². The van der Waals surface area contributed by atoms with Crippen molar-refractivity contribution in [3.8, 4) is 22.3 Å². The highest BCUT2D eigenvalue weighted by molar-refractivity contribution is 8.00. The average Bonchev–Trinajstić information content (AvgIpc) is 4.19. The molecule has 0 saturated heterocycles. The Labute approximate surface area is 428 Å². The monoisotopic (exact) mass is 1020 g/mol. The summed E-state index contributed by atoms with van der Waals surface area (Å²) < 4.78 is 83.2. The zero-order valence-corrected chi connectivity index (χ0v) is 40.8. The van der Waals surface area contributed by atoms with Crippen molar-refractivity contribution in [2.75, 3.05) is 23.9 Å². The van der Waals surface area contributed by atoms with E-state index in [1.54, 1.807) is 23.5 Å². The van der Waals surface area contributed by atoms with Gasteiger partial charge in [0.2, 0.25) is 0 Å². The van der Waals surface area contributed by atoms with E-state index in [1.165, 1.54) is 24.3 Å². The van der Waals surface area contributed by atoms with Gasteiger partial charge >= 0.3 is 12.4 Å². The van der Waals surface area contributed by atoms with E-state index in [4.69, 9.17) is 9.97 Å². The van der Waals surface area contributed by atoms with Crippen LogP contribution in [-0.2, 0) is 12.4 Å². The fourth-order valence-electron chi connectivity index (χ4n) is 10.1. The molecule has 3 aromatic heterocycles. The van der Waals surface area contributed by atoms with Crippen molar-refractivity contribution < 1.29 is 26.3 Å². The molecule has 14 heteroatoms. The number of rotatable bonds is 4. The summed E-state index contributed by atoms with van der Waals surface area (Å²) in [5, 5.41) is 0. The number of aromatic nitrogens is 4. The summed E-state index contributed by atoms with van der Waals surface area (Å²) in [5.74, 6) is 0. The van der Waals surface area contributed by atoms with E-state index in [9.17, 15) is 26.3 Å². The maximum absolute atomic E-state index is 13.9. The van der Waals surface area contributed by atoms with Crippen molar-refractivity contribution in [1.82, 2.24) is 19.9 Å². The molecular weight excluding hydrogens is 983 g/mol. The van der Waals surface area contributed by atoms with Crippen molar-refractivity contribution in [2.24, 2.45) is 0 Å². The summed E-state index contributed by atoms with van der Waals surface area (Å²) in [5.41, 5.74) is 13.7. The van der Waals surface area contributed by atoms with Gasteiger partial charge in [0.15, 0.2) is 0 Å². The minimum Gasteiger partial charge on any atom is -0.355 e. The van der Waals surface area contributed by atoms with Gasteiger partial charge < -0.3 is 19.8 Å². The Bertz CT molecular complexity index is 3780. The van der Waals surface area contributed by atoms with Gasteiger partial charge in [0, 0.05) is 78.0 Å². The van der Waals surface area contributed by atoms with Gasteiger partial charge in [-0.15, -0.1) is 0 Å². The first-order valence-corrected chi connectivity index (χ1v) is 25.2. The molecule has 6 nitrogen and oxygen atoms in total. The topological polar surface area (TPSA) is 63.8 Å². The highest BCUT2D eigenvalue weighted by atomic mass is 32.2. The van der Waals surface area contributed by atoms with Crippen LogP contribution in [0, 0.1) is 0 Å². The zero-order chi connectivity index (χ0) is 50.6. The number of fused-ring (bicyclic) bond motifs is 12. The van der Waals surface area contributed by atoms with Crippen LogP contribution in [0.5, 0.6) is 0 Å². The first kappa shape index (κ1) is 45.6. The maximum Gasteiger partial charge on any atom is 0.416 e. The molecule has 0 aliphatic carbocycles. The fourth-order valence-corrected chi connectivity index (χ4v) is 12.4. The number of nitrogens with zero attached hydrogens (tertiary/aromatic N) is 4. The van der Waals surface area contributed by atoms with Gasteiger partial charge in [-0.2, -0.15) is 26.3 Å². The van der Waals surface area contributed by atoms with Crippen LogP contribution in [0.15, 0.2) is 189 Å². The van der Waals surface area contributed by atoms with E-state index in [0.29, 0.717) is 67.1 Å². The van der Waals surface area contributed by atoms with Crippen LogP contribution in [0.1, 0.15) is 45.0 Å². The van der Waals surface area contributed by atoms with E-state index < -0.39 is 23.5 Å². The molecule has 13 rings (SSSR count). The number of H-pyrrole nitrogens is 2. The third-order valence-corrected chi connectivity index (χ3v) is 16.0. The molecule has 0 saturated carbocycles. The number of para-hydroxylation sites is 2. The second-order valence-electron chi connectivity index (χ2n) is 18.4. The van der Waals surface area contributed by atoms with Gasteiger partial charge in [-0.25, -0.2) is 9.97 Å². The molecule has 0 unspecified atom stereocenters. The SMILES string of the molecule is CN1c2ccccc2Sc2cc(-c3cc4cc5nc(cc6[nH]c(cc7nc(cc3[nH]4)C=C7c3ccc(C(F)(F)F)cc3)cc6-c3ccc4c(c3)Sc3ccccc3N4C)C=C5c3ccc(C(F)(F)F)cc3)ccc21. The molecule has 2 N–H and O–H groups in total. The molecule has 74 heavy (non-hydrogen) atoms. The Morgan fingerprint density at radius 1 is 0.405 bits per heavy atom. The van der Waals surface area contributed by atoms with E-state index in [1.807, 2.05) is 86.9 Å². The maximum atomic E-state index is 13.9. The summed E-state index contributed by atoms with van der Waals surface area (Å²) in [4.78, 5) is 26.3. The highest BCUT2D eigenvalue weighted by Crippen LogP contribution is 2.50. The van der Waals surface area contributed by atoms with Gasteiger partial charge in [-0.05, 0) is 144 Å². The van der Waals surface area contributed by atoms with Gasteiger partial charge in [0.1, 0.15) is 0 Å². The van der Waals surface area contributed by atoms with Crippen molar-refractivity contribution in [3.05, 3.63) is 215 Å². The number of nitrogens with one attached hydrogen (secondary N) is 2. The molecule has 0 spiro atoms. The Morgan fingerprint density at radius 3 is 1.19 bits per heavy atom. The molecule has 0 fully saturated rings. The van der Waals surface area contributed by atoms with Crippen LogP contribution < -0.4 is 9.80 Å². The number of anilines is 4. The summed E-state index contributed by atoms with van der Waals surface area (Å²) in [6.45, 7) is 0. The lowest BCUT2D eigenvalue weighted by Gasteiger charge is -2.29. The Balaban J connectivity index is 1.04. The first-order chi connectivity index (χ1) is 35.7. The molecule has 0 amide bonds. The number of alkyl halides is 6. The lowest BCUT2D eigenvalue weighted by Crippen LogP contribution is -2.14. The van der Waals surface area contributed by atoms with Gasteiger partial charge in [-0.1, -0.05) is 84.2 Å². The second-order valence-corrected chi connectivity index (χ2v) is 20.6. The summed E-state index contributed by atoms with van der Waals surface area (Å²) in [7, 11) is 4.10. The number of halogens is 6. The number of hydrogen-bond donors (Lipinski definition) is 2. The number of aromatic amines is 2. The fraction of sp³-hybridized carbons (Fsp3) is 0.0667. The van der Waals surface area contributed by atoms with Crippen molar-refractivity contribution >= 4 is 91.6 Å². The van der Waals surface area contributed by atoms with Crippen LogP contribution >= 0.6 is 23.5 Å². The van der Waals surface area contributed by atoms with Crippen molar-refractivity contribution in [2.45, 2.75) is 31.9 Å². The molecule has 9 aromatic rings. The van der Waals surface area contributed by atoms with E-state index >= 15 is 0 Å². The minimum absolute atomic E-state index is 0.534. The first-order valence-electron chi connectivity index (χ1n) is 23.5. The molecular formula is C60H38F6N6S2. The predicted molar refractivity (Wildman–Crippen MR) is 286 cm³/mol. The molecule has 4 aliphatic heterocycles. The average molecular weight is 1020 g/mol. The molecule has 4 aliphatic rings. The largest absolute Gasteiger partial charge is 0.416 e. The Morgan fingerprint density at radius 2 is 0.784 bits per heavy atom. The third-order valence-electron chi connectivity index (χ3n) is 13.7. The molecule has 8 bridgehead atoms. The smallest absolute Gasteiger partial charge is 0.355 e. The molecule has 6 aromatic carbocycles. The number of hydrogen-bond acceptors (Lipinski definition) is 6. The van der Waals surface area contributed by atoms with Crippen molar-refractivity contribution in [3.63, 3.8) is 0 Å². The standard InChI is InChI=1S/C60H38F6N6S2/c1-71-51-7-3-5-9-55(51)73-57-23-35(15-21-53(57)71)45-27-41-29-47-44(34-13-19-38(20-14-34)60(64,65)66)26-40(68-47)32-50-46(36-16-22-54-58(24-36)74-56-10-6-4-8-52(56)72(54)2)28-42(70-50)30-48-43(25-39(67-48)31-49(45)69-41)33-11-17-37(18-12-33)59(61,62)63/h3-32,69-70H,1-2H3. The van der Waals surface area contributed by atoms with Crippen LogP contribution in [-0.4, -0.2) is 34.0 Å². The lowest BCUT2D eigenvalue weighted by atomic mass is 10.0. The molecule has 0 radical (unpaired) electrons. The van der Waals surface area contributed by atoms with Gasteiger partial charge in [0.05, 0.1) is 56.7 Å². The highest BCUT2D eigenvalue weighted by Gasteiger charge is 2.32. The minimum atomic E-state index is -4.51. The van der Waals surface area contributed by atoms with Crippen molar-refractivity contribution in [1.29, 1.82) is 0 Å². The van der Waals surface area contributed by atoms with E-state index in [-0.39, 0.29) is 0 Å². The van der Waals surface area contributed by atoms with Crippen LogP contribution in [0.2, 0.25) is 0 Å². The summed E-state index contributed by atoms with van der Waals surface area (Å²) >= 11 is 3.38. The quantitative estimate of drug-likeness (QED) is 0.171. The zero-order valence-electron chi connectivity index (χ0n) is 39.2. The van der Waals surface area contributed by atoms with Gasteiger partial charge in [0.25, 0.3) is 0 Å². The summed E-state index contributed by atoms with van der Waals surface area (Å²) in [6, 6.07) is 51.1. The predicted octanol–water partition coefficient (Wildman–Crippen LogP) is 17.3. The van der Waals surface area contributed by atoms with Crippen LogP contribution in [0.3, 0.4) is 0 Å². The lowest BCUT2D eigenvalue weighted by molar-refractivity contribution is -0.138. The summed E-state index contributed by atoms with van der Waals surface area (Å²) in [6.07, 6.45) is -5.25. The van der Waals surface area contributed by atoms with Crippen LogP contribution in [0.25, 0.3) is 67.6 Å². The molecule has 362 valence electrons. The van der Waals surface area contributed by atoms with Gasteiger partial charge in [-0.3, -0.25) is 0 Å². The second kappa shape index (κ2) is 17.2. The van der Waals surface area contributed by atoms with E-state index in [0.717, 1.165) is 88.9 Å². The Kier molecular flexibility index (Phi) is 10.6. The third kappa shape index (κ3) is 8.14. The molecule has 7 heterocycles. The number of benzene rings is 6. The Hall–Kier alpha value is -8.20. The normalized spacial score (nSPS) is 13.9. The molecule has 0 atom stereocenters. The van der Waals surface area contributed by atoms with Crippen LogP contribution in [0.4, 0.5) is 49.1 Å².